The van der Waals surface area contributed by atoms with Gasteiger partial charge in [0.15, 0.2) is 0 Å². The highest BCUT2D eigenvalue weighted by atomic mass is 35.5. The highest BCUT2D eigenvalue weighted by Crippen LogP contribution is 2.14. The molecule has 1 rings (SSSR count). The molecule has 0 radical (unpaired) electrons. The summed E-state index contributed by atoms with van der Waals surface area (Å²) in [6, 6.07) is 3.25. The first-order valence-electron chi connectivity index (χ1n) is 6.38. The maximum Gasteiger partial charge on any atom is 0.310 e. The molecule has 1 aromatic heterocycles. The number of pyridine rings is 1. The number of methoxy groups -OCH3 is 1. The van der Waals surface area contributed by atoms with E-state index in [1.54, 1.807) is 20.0 Å². The molecule has 6 heteroatoms. The number of halogens is 1. The zero-order chi connectivity index (χ0) is 15.3. The van der Waals surface area contributed by atoms with Crippen LogP contribution in [0.2, 0.25) is 5.15 Å². The monoisotopic (exact) mass is 298 g/mol. The van der Waals surface area contributed by atoms with Crippen molar-refractivity contribution in [3.8, 4) is 0 Å². The Hall–Kier alpha value is -1.62. The molecule has 110 valence electrons. The summed E-state index contributed by atoms with van der Waals surface area (Å²) in [4.78, 5) is 29.3. The van der Waals surface area contributed by atoms with Crippen molar-refractivity contribution in [2.75, 3.05) is 20.7 Å². The van der Waals surface area contributed by atoms with Gasteiger partial charge >= 0.3 is 5.97 Å². The second-order valence-electron chi connectivity index (χ2n) is 4.63. The highest BCUT2D eigenvalue weighted by molar-refractivity contribution is 6.29. The second kappa shape index (κ2) is 7.24. The van der Waals surface area contributed by atoms with E-state index in [2.05, 4.69) is 9.72 Å². The fourth-order valence-corrected chi connectivity index (χ4v) is 2.07. The maximum atomic E-state index is 12.3. The summed E-state index contributed by atoms with van der Waals surface area (Å²) in [7, 11) is 2.97. The minimum Gasteiger partial charge on any atom is -0.469 e. The van der Waals surface area contributed by atoms with Gasteiger partial charge in [0.2, 0.25) is 0 Å². The van der Waals surface area contributed by atoms with Crippen molar-refractivity contribution in [3.63, 3.8) is 0 Å². The number of ether oxygens (including phenoxy) is 1. The smallest absolute Gasteiger partial charge is 0.310 e. The van der Waals surface area contributed by atoms with Crippen LogP contribution in [0.3, 0.4) is 0 Å². The maximum absolute atomic E-state index is 12.3. The Morgan fingerprint density at radius 2 is 2.10 bits per heavy atom. The van der Waals surface area contributed by atoms with Gasteiger partial charge in [-0.15, -0.1) is 0 Å². The highest BCUT2D eigenvalue weighted by Gasteiger charge is 2.20. The zero-order valence-electron chi connectivity index (χ0n) is 12.1. The molecule has 1 unspecified atom stereocenters. The molecule has 0 spiro atoms. The Morgan fingerprint density at radius 3 is 2.65 bits per heavy atom. The quantitative estimate of drug-likeness (QED) is 0.617. The van der Waals surface area contributed by atoms with Crippen LogP contribution in [0, 0.1) is 5.92 Å². The lowest BCUT2D eigenvalue weighted by molar-refractivity contribution is -0.145. The van der Waals surface area contributed by atoms with Crippen LogP contribution in [-0.4, -0.2) is 42.5 Å². The van der Waals surface area contributed by atoms with Crippen LogP contribution >= 0.6 is 11.6 Å². The molecule has 0 aromatic carbocycles. The van der Waals surface area contributed by atoms with E-state index in [0.717, 1.165) is 5.69 Å². The van der Waals surface area contributed by atoms with Gasteiger partial charge in [-0.3, -0.25) is 9.59 Å². The molecule has 0 fully saturated rings. The molecule has 1 aromatic rings. The van der Waals surface area contributed by atoms with Crippen LogP contribution in [0.1, 0.15) is 29.9 Å². The van der Waals surface area contributed by atoms with Crippen molar-refractivity contribution in [3.05, 3.63) is 28.5 Å². The third-order valence-electron chi connectivity index (χ3n) is 2.95. The number of hydrogen-bond acceptors (Lipinski definition) is 4. The van der Waals surface area contributed by atoms with E-state index in [0.29, 0.717) is 17.1 Å². The van der Waals surface area contributed by atoms with Crippen molar-refractivity contribution in [2.24, 2.45) is 5.92 Å². The van der Waals surface area contributed by atoms with Gasteiger partial charge in [-0.25, -0.2) is 4.98 Å². The van der Waals surface area contributed by atoms with E-state index in [1.807, 2.05) is 6.92 Å². The van der Waals surface area contributed by atoms with Crippen molar-refractivity contribution in [2.45, 2.75) is 20.3 Å². The molecule has 20 heavy (non-hydrogen) atoms. The molecule has 0 aliphatic carbocycles. The average Bonchev–Trinajstić information content (AvgIpc) is 2.44. The molecule has 1 heterocycles. The van der Waals surface area contributed by atoms with Crippen molar-refractivity contribution in [1.29, 1.82) is 0 Å². The average molecular weight is 299 g/mol. The third kappa shape index (κ3) is 4.20. The molecule has 0 N–H and O–H groups in total. The summed E-state index contributed by atoms with van der Waals surface area (Å²) < 4.78 is 4.65. The first-order chi connectivity index (χ1) is 9.38. The topological polar surface area (TPSA) is 59.5 Å². The molecule has 0 aliphatic heterocycles. The van der Waals surface area contributed by atoms with Gasteiger partial charge in [-0.2, -0.15) is 0 Å². The Morgan fingerprint density at radius 1 is 1.45 bits per heavy atom. The van der Waals surface area contributed by atoms with E-state index >= 15 is 0 Å². The predicted molar refractivity (Wildman–Crippen MR) is 76.8 cm³/mol. The summed E-state index contributed by atoms with van der Waals surface area (Å²) in [6.45, 7) is 3.94. The second-order valence-corrected chi connectivity index (χ2v) is 5.02. The number of nitrogens with zero attached hydrogens (tertiary/aromatic N) is 2. The molecule has 1 amide bonds. The summed E-state index contributed by atoms with van der Waals surface area (Å²) in [5, 5.41) is 0.294. The molecule has 0 saturated carbocycles. The van der Waals surface area contributed by atoms with Gasteiger partial charge in [-0.1, -0.05) is 25.4 Å². The summed E-state index contributed by atoms with van der Waals surface area (Å²) in [5.74, 6) is -0.914. The summed E-state index contributed by atoms with van der Waals surface area (Å²) >= 11 is 5.90. The van der Waals surface area contributed by atoms with Gasteiger partial charge in [0.1, 0.15) is 5.15 Å². The normalized spacial score (nSPS) is 11.8. The molecule has 0 aliphatic rings. The largest absolute Gasteiger partial charge is 0.469 e. The van der Waals surface area contributed by atoms with Crippen molar-refractivity contribution < 1.29 is 14.3 Å². The minimum absolute atomic E-state index is 0.195. The van der Waals surface area contributed by atoms with Crippen LogP contribution in [0.15, 0.2) is 12.1 Å². The number of carbonyl (C=O) groups excluding carboxylic acids is 2. The Bertz CT molecular complexity index is 505. The van der Waals surface area contributed by atoms with Gasteiger partial charge in [0, 0.05) is 24.8 Å². The molecule has 5 nitrogen and oxygen atoms in total. The van der Waals surface area contributed by atoms with E-state index in [9.17, 15) is 9.59 Å². The van der Waals surface area contributed by atoms with Crippen LogP contribution < -0.4 is 0 Å². The number of rotatable bonds is 5. The van der Waals surface area contributed by atoms with Crippen LogP contribution in [-0.2, 0) is 16.0 Å². The lowest BCUT2D eigenvalue weighted by Crippen LogP contribution is -2.34. The van der Waals surface area contributed by atoms with Crippen LogP contribution in [0.5, 0.6) is 0 Å². The van der Waals surface area contributed by atoms with Gasteiger partial charge < -0.3 is 9.64 Å². The number of hydrogen-bond donors (Lipinski definition) is 0. The number of aromatic nitrogens is 1. The fourth-order valence-electron chi connectivity index (χ4n) is 1.85. The lowest BCUT2D eigenvalue weighted by atomic mass is 10.1. The van der Waals surface area contributed by atoms with Gasteiger partial charge in [0.05, 0.1) is 13.0 Å². The summed E-state index contributed by atoms with van der Waals surface area (Å²) in [5.41, 5.74) is 1.23. The Labute approximate surface area is 123 Å². The minimum atomic E-state index is -0.378. The predicted octanol–water partition coefficient (Wildman–Crippen LogP) is 2.18. The SMILES string of the molecule is CCc1cc(C(=O)N(C)CC(C)C(=O)OC)cc(Cl)n1. The van der Waals surface area contributed by atoms with Gasteiger partial charge in [0.25, 0.3) is 5.91 Å². The first-order valence-corrected chi connectivity index (χ1v) is 6.76. The van der Waals surface area contributed by atoms with Gasteiger partial charge in [-0.05, 0) is 18.6 Å². The Balaban J connectivity index is 2.84. The van der Waals surface area contributed by atoms with Crippen molar-refractivity contribution >= 4 is 23.5 Å². The number of aryl methyl sites for hydroxylation is 1. The fraction of sp³-hybridized carbons (Fsp3) is 0.500. The molecular formula is C14H19ClN2O3. The zero-order valence-corrected chi connectivity index (χ0v) is 12.9. The van der Waals surface area contributed by atoms with Crippen LogP contribution in [0.25, 0.3) is 0 Å². The van der Waals surface area contributed by atoms with Crippen LogP contribution in [0.4, 0.5) is 0 Å². The molecular weight excluding hydrogens is 280 g/mol. The van der Waals surface area contributed by atoms with E-state index in [-0.39, 0.29) is 24.3 Å². The number of esters is 1. The van der Waals surface area contributed by atoms with E-state index in [4.69, 9.17) is 11.6 Å². The lowest BCUT2D eigenvalue weighted by Gasteiger charge is -2.20. The third-order valence-corrected chi connectivity index (χ3v) is 3.15. The van der Waals surface area contributed by atoms with Crippen molar-refractivity contribution in [1.82, 2.24) is 9.88 Å². The molecule has 0 saturated heterocycles. The first kappa shape index (κ1) is 16.4. The van der Waals surface area contributed by atoms with E-state index < -0.39 is 0 Å². The number of carbonyl (C=O) groups is 2. The van der Waals surface area contributed by atoms with E-state index in [1.165, 1.54) is 18.1 Å². The Kier molecular flexibility index (Phi) is 5.95. The molecule has 1 atom stereocenters. The number of amides is 1. The molecule has 0 bridgehead atoms. The standard InChI is InChI=1S/C14H19ClN2O3/c1-5-11-6-10(7-12(15)16-11)13(18)17(3)8-9(2)14(19)20-4/h6-7,9H,5,8H2,1-4H3. The summed E-state index contributed by atoms with van der Waals surface area (Å²) in [6.07, 6.45) is 0.698.